The van der Waals surface area contributed by atoms with Gasteiger partial charge in [-0.05, 0) is 31.0 Å². The van der Waals surface area contributed by atoms with Crippen LogP contribution in [0.4, 0.5) is 0 Å². The molecule has 0 spiro atoms. The second-order valence-corrected chi connectivity index (χ2v) is 5.08. The summed E-state index contributed by atoms with van der Waals surface area (Å²) in [5.74, 6) is 0.531. The van der Waals surface area contributed by atoms with Crippen molar-refractivity contribution >= 4 is 23.5 Å². The van der Waals surface area contributed by atoms with Gasteiger partial charge in [0.05, 0.1) is 13.2 Å². The molecular formula is C13H26N4OS. The van der Waals surface area contributed by atoms with Crippen molar-refractivity contribution in [3.63, 3.8) is 0 Å². The van der Waals surface area contributed by atoms with E-state index in [-0.39, 0.29) is 0 Å². The Morgan fingerprint density at radius 2 is 2.05 bits per heavy atom. The van der Waals surface area contributed by atoms with Crippen LogP contribution in [0.2, 0.25) is 0 Å². The van der Waals surface area contributed by atoms with Gasteiger partial charge in [0.1, 0.15) is 0 Å². The van der Waals surface area contributed by atoms with Crippen molar-refractivity contribution in [2.45, 2.75) is 26.7 Å². The highest BCUT2D eigenvalue weighted by molar-refractivity contribution is 7.80. The molecule has 1 rings (SSSR count). The number of ether oxygens (including phenoxy) is 1. The van der Waals surface area contributed by atoms with Crippen LogP contribution >= 0.6 is 12.2 Å². The molecule has 5 nitrogen and oxygen atoms in total. The lowest BCUT2D eigenvalue weighted by atomic mass is 10.1. The van der Waals surface area contributed by atoms with Crippen LogP contribution in [-0.4, -0.2) is 55.6 Å². The summed E-state index contributed by atoms with van der Waals surface area (Å²) in [6, 6.07) is 0. The van der Waals surface area contributed by atoms with Crippen molar-refractivity contribution < 1.29 is 4.74 Å². The predicted octanol–water partition coefficient (Wildman–Crippen LogP) is 1.20. The number of hydrogen-bond donors (Lipinski definition) is 2. The first-order valence-corrected chi connectivity index (χ1v) is 7.54. The molecule has 1 fully saturated rings. The van der Waals surface area contributed by atoms with E-state index in [1.54, 1.807) is 0 Å². The Kier molecular flexibility index (Phi) is 8.69. The van der Waals surface area contributed by atoms with E-state index in [0.29, 0.717) is 11.0 Å². The number of nitrogens with one attached hydrogen (secondary N) is 2. The molecule has 0 saturated carbocycles. The molecule has 0 aromatic heterocycles. The predicted molar refractivity (Wildman–Crippen MR) is 83.6 cm³/mol. The summed E-state index contributed by atoms with van der Waals surface area (Å²) in [4.78, 5) is 2.37. The average Bonchev–Trinajstić information content (AvgIpc) is 2.45. The van der Waals surface area contributed by atoms with E-state index in [0.717, 1.165) is 52.2 Å². The van der Waals surface area contributed by atoms with Gasteiger partial charge in [-0.3, -0.25) is 10.3 Å². The summed E-state index contributed by atoms with van der Waals surface area (Å²) < 4.78 is 5.30. The van der Waals surface area contributed by atoms with Crippen LogP contribution in [0.1, 0.15) is 26.7 Å². The molecule has 0 aliphatic carbocycles. The fourth-order valence-electron chi connectivity index (χ4n) is 1.89. The summed E-state index contributed by atoms with van der Waals surface area (Å²) in [6.45, 7) is 9.85. The number of hydrazone groups is 1. The van der Waals surface area contributed by atoms with E-state index in [4.69, 9.17) is 17.0 Å². The monoisotopic (exact) mass is 286 g/mol. The topological polar surface area (TPSA) is 48.9 Å². The van der Waals surface area contributed by atoms with Crippen molar-refractivity contribution in [1.29, 1.82) is 0 Å². The number of nitrogens with zero attached hydrogens (tertiary/aromatic N) is 2. The molecule has 6 heteroatoms. The van der Waals surface area contributed by atoms with Gasteiger partial charge in [-0.1, -0.05) is 13.8 Å². The molecule has 0 aromatic carbocycles. The first-order chi connectivity index (χ1) is 9.26. The Balaban J connectivity index is 2.07. The van der Waals surface area contributed by atoms with Gasteiger partial charge in [0, 0.05) is 32.4 Å². The first-order valence-electron chi connectivity index (χ1n) is 7.13. The molecule has 1 heterocycles. The van der Waals surface area contributed by atoms with Crippen LogP contribution in [0.25, 0.3) is 0 Å². The summed E-state index contributed by atoms with van der Waals surface area (Å²) in [5.41, 5.74) is 2.87. The van der Waals surface area contributed by atoms with Crippen LogP contribution < -0.4 is 10.7 Å². The highest BCUT2D eigenvalue weighted by Gasteiger charge is 2.09. The van der Waals surface area contributed by atoms with Gasteiger partial charge >= 0.3 is 0 Å². The van der Waals surface area contributed by atoms with Crippen molar-refractivity contribution in [2.24, 2.45) is 11.0 Å². The molecule has 1 aliphatic heterocycles. The number of thiocarbonyl (C=S) groups is 1. The molecule has 19 heavy (non-hydrogen) atoms. The lowest BCUT2D eigenvalue weighted by Gasteiger charge is -2.26. The number of rotatable bonds is 7. The van der Waals surface area contributed by atoms with E-state index < -0.39 is 0 Å². The molecule has 0 atom stereocenters. The largest absolute Gasteiger partial charge is 0.379 e. The Hall–Kier alpha value is -0.720. The van der Waals surface area contributed by atoms with Gasteiger partial charge in [0.25, 0.3) is 0 Å². The average molecular weight is 286 g/mol. The molecule has 0 unspecified atom stereocenters. The number of morpholine rings is 1. The zero-order valence-corrected chi connectivity index (χ0v) is 12.8. The summed E-state index contributed by atoms with van der Waals surface area (Å²) >= 11 is 5.17. The standard InChI is InChI=1S/C13H26N4OS/c1-3-12(4-2)11-15-16-13(19)14-5-6-17-7-9-18-10-8-17/h11-12H,3-10H2,1-2H3,(H2,14,16,19)/b15-11-. The Labute approximate surface area is 121 Å². The number of hydrogen-bond acceptors (Lipinski definition) is 4. The van der Waals surface area contributed by atoms with Crippen molar-refractivity contribution in [1.82, 2.24) is 15.6 Å². The lowest BCUT2D eigenvalue weighted by molar-refractivity contribution is 0.0389. The van der Waals surface area contributed by atoms with Crippen LogP contribution in [0.5, 0.6) is 0 Å². The summed E-state index contributed by atoms with van der Waals surface area (Å²) in [6.07, 6.45) is 4.16. The van der Waals surface area contributed by atoms with Crippen molar-refractivity contribution in [3.8, 4) is 0 Å². The Morgan fingerprint density at radius 1 is 1.37 bits per heavy atom. The smallest absolute Gasteiger partial charge is 0.186 e. The molecular weight excluding hydrogens is 260 g/mol. The zero-order valence-electron chi connectivity index (χ0n) is 12.0. The SMILES string of the molecule is CCC(/C=N\NC(=S)NCCN1CCOCC1)CC. The van der Waals surface area contributed by atoms with Crippen molar-refractivity contribution in [3.05, 3.63) is 0 Å². The maximum Gasteiger partial charge on any atom is 0.186 e. The summed E-state index contributed by atoms with van der Waals surface area (Å²) in [5, 5.41) is 7.92. The maximum atomic E-state index is 5.30. The van der Waals surface area contributed by atoms with Gasteiger partial charge < -0.3 is 10.1 Å². The first kappa shape index (κ1) is 16.3. The van der Waals surface area contributed by atoms with Gasteiger partial charge in [-0.2, -0.15) is 5.10 Å². The highest BCUT2D eigenvalue weighted by atomic mass is 32.1. The second kappa shape index (κ2) is 10.1. The zero-order chi connectivity index (χ0) is 13.9. The second-order valence-electron chi connectivity index (χ2n) is 4.68. The van der Waals surface area contributed by atoms with Crippen LogP contribution in [-0.2, 0) is 4.74 Å². The van der Waals surface area contributed by atoms with E-state index in [1.165, 1.54) is 0 Å². The van der Waals surface area contributed by atoms with Crippen molar-refractivity contribution in [2.75, 3.05) is 39.4 Å². The van der Waals surface area contributed by atoms with Gasteiger partial charge in [-0.25, -0.2) is 0 Å². The van der Waals surface area contributed by atoms with E-state index >= 15 is 0 Å². The third-order valence-corrected chi connectivity index (χ3v) is 3.55. The molecule has 1 saturated heterocycles. The minimum absolute atomic E-state index is 0.531. The molecule has 0 amide bonds. The van der Waals surface area contributed by atoms with Gasteiger partial charge in [-0.15, -0.1) is 0 Å². The Morgan fingerprint density at radius 3 is 2.68 bits per heavy atom. The third-order valence-electron chi connectivity index (χ3n) is 3.32. The lowest BCUT2D eigenvalue weighted by Crippen LogP contribution is -2.42. The quantitative estimate of drug-likeness (QED) is 0.418. The molecule has 2 N–H and O–H groups in total. The minimum atomic E-state index is 0.531. The van der Waals surface area contributed by atoms with E-state index in [9.17, 15) is 0 Å². The minimum Gasteiger partial charge on any atom is -0.379 e. The maximum absolute atomic E-state index is 5.30. The van der Waals surface area contributed by atoms with E-state index in [2.05, 4.69) is 34.6 Å². The molecule has 1 aliphatic rings. The van der Waals surface area contributed by atoms with Gasteiger partial charge in [0.15, 0.2) is 5.11 Å². The highest BCUT2D eigenvalue weighted by Crippen LogP contribution is 2.02. The fourth-order valence-corrected chi connectivity index (χ4v) is 2.05. The molecule has 110 valence electrons. The third kappa shape index (κ3) is 7.44. The van der Waals surface area contributed by atoms with Gasteiger partial charge in [0.2, 0.25) is 0 Å². The van der Waals surface area contributed by atoms with Crippen LogP contribution in [0.15, 0.2) is 5.10 Å². The van der Waals surface area contributed by atoms with E-state index in [1.807, 2.05) is 6.21 Å². The van der Waals surface area contributed by atoms with Crippen LogP contribution in [0, 0.1) is 5.92 Å². The normalized spacial score (nSPS) is 17.0. The molecule has 0 bridgehead atoms. The fraction of sp³-hybridized carbons (Fsp3) is 0.846. The summed E-state index contributed by atoms with van der Waals surface area (Å²) in [7, 11) is 0. The molecule has 0 aromatic rings. The Bertz CT molecular complexity index is 276. The van der Waals surface area contributed by atoms with Crippen LogP contribution in [0.3, 0.4) is 0 Å². The molecule has 0 radical (unpaired) electrons.